The van der Waals surface area contributed by atoms with Gasteiger partial charge in [0.2, 0.25) is 5.55 Å². The summed E-state index contributed by atoms with van der Waals surface area (Å²) in [6.45, 7) is 0. The number of rotatable bonds is 2. The molecule has 0 fully saturated rings. The van der Waals surface area contributed by atoms with Gasteiger partial charge in [0.15, 0.2) is 5.13 Å². The van der Waals surface area contributed by atoms with Gasteiger partial charge in [-0.25, -0.2) is 4.98 Å². The Morgan fingerprint density at radius 1 is 1.40 bits per heavy atom. The Balaban J connectivity index is 2.04. The average Bonchev–Trinajstić information content (AvgIpc) is 2.91. The summed E-state index contributed by atoms with van der Waals surface area (Å²) in [4.78, 5) is 16.1. The number of nitrogens with zero attached hydrogens (tertiary/aromatic N) is 1. The molecule has 2 aromatic heterocycles. The normalized spacial score (nSPS) is 10.7. The lowest BCUT2D eigenvalue weighted by atomic mass is 10.2. The van der Waals surface area contributed by atoms with E-state index in [1.54, 1.807) is 23.7 Å². The molecule has 2 N–H and O–H groups in total. The van der Waals surface area contributed by atoms with Gasteiger partial charge >= 0.3 is 0 Å². The van der Waals surface area contributed by atoms with Crippen LogP contribution in [0.15, 0.2) is 44.7 Å². The van der Waals surface area contributed by atoms with Gasteiger partial charge in [-0.05, 0) is 24.3 Å². The average molecular weight is 350 g/mol. The zero-order valence-corrected chi connectivity index (χ0v) is 12.4. The van der Waals surface area contributed by atoms with Crippen LogP contribution in [0.1, 0.15) is 10.4 Å². The molecule has 0 radical (unpaired) electrons. The van der Waals surface area contributed by atoms with Crippen molar-refractivity contribution in [3.05, 3.63) is 51.4 Å². The molecule has 0 unspecified atom stereocenters. The fourth-order valence-corrected chi connectivity index (χ4v) is 2.63. The Hall–Kier alpha value is -1.99. The van der Waals surface area contributed by atoms with Gasteiger partial charge in [0.25, 0.3) is 5.91 Å². The summed E-state index contributed by atoms with van der Waals surface area (Å²) < 4.78 is 6.23. The third-order valence-electron chi connectivity index (χ3n) is 2.63. The van der Waals surface area contributed by atoms with Crippen LogP contribution in [0.3, 0.4) is 0 Å². The molecular formula is C13H8BrN3O2S. The largest absolute Gasteiger partial charge is 0.438 e. The number of anilines is 1. The number of halogens is 1. The molecule has 1 amide bonds. The molecule has 100 valence electrons. The van der Waals surface area contributed by atoms with Crippen LogP contribution in [0.4, 0.5) is 5.13 Å². The van der Waals surface area contributed by atoms with E-state index in [0.717, 1.165) is 9.86 Å². The highest BCUT2D eigenvalue weighted by molar-refractivity contribution is 9.10. The Kier molecular flexibility index (Phi) is 3.37. The van der Waals surface area contributed by atoms with Crippen LogP contribution in [0.2, 0.25) is 0 Å². The highest BCUT2D eigenvalue weighted by Gasteiger charge is 2.13. The zero-order valence-electron chi connectivity index (χ0n) is 10.0. The van der Waals surface area contributed by atoms with E-state index in [9.17, 15) is 4.79 Å². The van der Waals surface area contributed by atoms with Gasteiger partial charge in [-0.1, -0.05) is 15.9 Å². The van der Waals surface area contributed by atoms with Crippen molar-refractivity contribution in [2.45, 2.75) is 0 Å². The standard InChI is InChI=1S/C13H8BrN3O2S/c14-8-1-2-10-7(5-8)6-9(11(15)19-10)12(18)17-13-16-3-4-20-13/h1-6,15H,(H,16,17,18). The Morgan fingerprint density at radius 3 is 3.00 bits per heavy atom. The van der Waals surface area contributed by atoms with Crippen LogP contribution >= 0.6 is 27.3 Å². The van der Waals surface area contributed by atoms with Gasteiger partial charge in [-0.2, -0.15) is 0 Å². The lowest BCUT2D eigenvalue weighted by molar-refractivity contribution is 0.102. The molecule has 5 nitrogen and oxygen atoms in total. The van der Waals surface area contributed by atoms with E-state index in [-0.39, 0.29) is 11.1 Å². The molecule has 20 heavy (non-hydrogen) atoms. The van der Waals surface area contributed by atoms with E-state index >= 15 is 0 Å². The second-order valence-corrected chi connectivity index (χ2v) is 5.77. The molecule has 3 rings (SSSR count). The van der Waals surface area contributed by atoms with E-state index in [2.05, 4.69) is 26.2 Å². The minimum Gasteiger partial charge on any atom is -0.438 e. The number of carbonyl (C=O) groups excluding carboxylic acids is 1. The molecule has 0 atom stereocenters. The molecule has 0 aliphatic carbocycles. The number of amides is 1. The summed E-state index contributed by atoms with van der Waals surface area (Å²) in [5, 5.41) is 13.4. The molecular weight excluding hydrogens is 342 g/mol. The fraction of sp³-hybridized carbons (Fsp3) is 0. The lowest BCUT2D eigenvalue weighted by Crippen LogP contribution is -2.20. The topological polar surface area (TPSA) is 79.0 Å². The van der Waals surface area contributed by atoms with Gasteiger partial charge in [0.05, 0.1) is 0 Å². The summed E-state index contributed by atoms with van der Waals surface area (Å²) in [5.41, 5.74) is 0.559. The fourth-order valence-electron chi connectivity index (χ4n) is 1.73. The molecule has 0 aliphatic rings. The molecule has 0 saturated heterocycles. The summed E-state index contributed by atoms with van der Waals surface area (Å²) in [7, 11) is 0. The summed E-state index contributed by atoms with van der Waals surface area (Å²) in [6, 6.07) is 7.04. The number of aromatic nitrogens is 1. The predicted molar refractivity (Wildman–Crippen MR) is 79.8 cm³/mol. The molecule has 1 aromatic carbocycles. The smallest absolute Gasteiger partial charge is 0.262 e. The number of thiazole rings is 1. The zero-order chi connectivity index (χ0) is 14.1. The van der Waals surface area contributed by atoms with Crippen LogP contribution in [0, 0.1) is 5.41 Å². The second-order valence-electron chi connectivity index (χ2n) is 3.96. The molecule has 0 aliphatic heterocycles. The van der Waals surface area contributed by atoms with Crippen LogP contribution in [-0.2, 0) is 0 Å². The molecule has 7 heteroatoms. The summed E-state index contributed by atoms with van der Waals surface area (Å²) in [5.74, 6) is -0.407. The maximum atomic E-state index is 12.1. The minimum absolute atomic E-state index is 0.172. The van der Waals surface area contributed by atoms with E-state index in [1.165, 1.54) is 11.3 Å². The first-order valence-electron chi connectivity index (χ1n) is 5.62. The maximum Gasteiger partial charge on any atom is 0.262 e. The number of benzene rings is 1. The van der Waals surface area contributed by atoms with Crippen LogP contribution in [0.25, 0.3) is 11.0 Å². The maximum absolute atomic E-state index is 12.1. The highest BCUT2D eigenvalue weighted by atomic mass is 79.9. The summed E-state index contributed by atoms with van der Waals surface area (Å²) >= 11 is 4.68. The first-order valence-corrected chi connectivity index (χ1v) is 7.29. The Bertz CT molecular complexity index is 842. The molecule has 0 spiro atoms. The van der Waals surface area contributed by atoms with Crippen LogP contribution in [-0.4, -0.2) is 10.9 Å². The highest BCUT2D eigenvalue weighted by Crippen LogP contribution is 2.20. The van der Waals surface area contributed by atoms with Crippen molar-refractivity contribution in [1.29, 1.82) is 5.41 Å². The van der Waals surface area contributed by atoms with E-state index in [0.29, 0.717) is 10.7 Å². The number of nitrogens with one attached hydrogen (secondary N) is 2. The number of carbonyl (C=O) groups is 1. The van der Waals surface area contributed by atoms with E-state index in [4.69, 9.17) is 9.83 Å². The molecule has 2 heterocycles. The number of fused-ring (bicyclic) bond motifs is 1. The van der Waals surface area contributed by atoms with Crippen molar-refractivity contribution in [3.63, 3.8) is 0 Å². The quantitative estimate of drug-likeness (QED) is 0.744. The van der Waals surface area contributed by atoms with Crippen molar-refractivity contribution < 1.29 is 9.21 Å². The first-order chi connectivity index (χ1) is 9.63. The van der Waals surface area contributed by atoms with Gasteiger partial charge in [0, 0.05) is 21.4 Å². The lowest BCUT2D eigenvalue weighted by Gasteiger charge is -2.04. The van der Waals surface area contributed by atoms with Gasteiger partial charge in [-0.15, -0.1) is 11.3 Å². The van der Waals surface area contributed by atoms with Crippen molar-refractivity contribution in [1.82, 2.24) is 4.98 Å². The third kappa shape index (κ3) is 2.50. The molecule has 0 bridgehead atoms. The van der Waals surface area contributed by atoms with Gasteiger partial charge < -0.3 is 4.42 Å². The van der Waals surface area contributed by atoms with E-state index < -0.39 is 5.91 Å². The van der Waals surface area contributed by atoms with Crippen molar-refractivity contribution in [3.8, 4) is 0 Å². The van der Waals surface area contributed by atoms with Crippen molar-refractivity contribution >= 4 is 49.3 Å². The Labute approximate surface area is 125 Å². The third-order valence-corrected chi connectivity index (χ3v) is 3.81. The van der Waals surface area contributed by atoms with Crippen LogP contribution in [0.5, 0.6) is 0 Å². The van der Waals surface area contributed by atoms with Gasteiger partial charge in [-0.3, -0.25) is 15.5 Å². The van der Waals surface area contributed by atoms with Crippen LogP contribution < -0.4 is 10.9 Å². The molecule has 0 saturated carbocycles. The molecule has 3 aromatic rings. The van der Waals surface area contributed by atoms with Crippen molar-refractivity contribution in [2.24, 2.45) is 0 Å². The monoisotopic (exact) mass is 349 g/mol. The second kappa shape index (κ2) is 5.18. The number of hydrogen-bond acceptors (Lipinski definition) is 5. The Morgan fingerprint density at radius 2 is 2.25 bits per heavy atom. The first kappa shape index (κ1) is 13.0. The van der Waals surface area contributed by atoms with E-state index in [1.807, 2.05) is 12.1 Å². The SMILES string of the molecule is N=c1oc2ccc(Br)cc2cc1C(=O)Nc1nccs1. The van der Waals surface area contributed by atoms with Crippen molar-refractivity contribution in [2.75, 3.05) is 5.32 Å². The van der Waals surface area contributed by atoms with Gasteiger partial charge in [0.1, 0.15) is 11.1 Å². The summed E-state index contributed by atoms with van der Waals surface area (Å²) in [6.07, 6.45) is 1.60. The predicted octanol–water partition coefficient (Wildman–Crippen LogP) is 3.38. The minimum atomic E-state index is -0.407. The number of hydrogen-bond donors (Lipinski definition) is 2.